The Morgan fingerprint density at radius 1 is 1.17 bits per heavy atom. The predicted octanol–water partition coefficient (Wildman–Crippen LogP) is -1.13. The van der Waals surface area contributed by atoms with Crippen molar-refractivity contribution in [1.29, 1.82) is 0 Å². The molecule has 0 aromatic carbocycles. The maximum absolute atomic E-state index is 15.0. The number of hydrogen-bond donors (Lipinski definition) is 5. The number of anilines is 2. The first kappa shape index (κ1) is 26.6. The highest BCUT2D eigenvalue weighted by atomic mass is 19.1. The molecule has 0 aliphatic carbocycles. The SMILES string of the molecule is CCN1CCC(C(=O)N2CCN(c3c(F)cncc3NC(=O)C(C(N)N)C3NCC(F)CN3)CC2)C1. The fourth-order valence-corrected chi connectivity index (χ4v) is 5.24. The third-order valence-corrected chi connectivity index (χ3v) is 7.30. The van der Waals surface area contributed by atoms with Crippen LogP contribution in [0.3, 0.4) is 0 Å². The molecule has 2 atom stereocenters. The van der Waals surface area contributed by atoms with E-state index < -0.39 is 36.1 Å². The molecule has 3 aliphatic heterocycles. The van der Waals surface area contributed by atoms with E-state index >= 15 is 0 Å². The zero-order valence-corrected chi connectivity index (χ0v) is 20.6. The topological polar surface area (TPSA) is 145 Å². The van der Waals surface area contributed by atoms with Crippen LogP contribution in [0.2, 0.25) is 0 Å². The monoisotopic (exact) mass is 509 g/mol. The minimum atomic E-state index is -1.08. The Morgan fingerprint density at radius 3 is 2.47 bits per heavy atom. The first-order valence-electron chi connectivity index (χ1n) is 12.6. The lowest BCUT2D eigenvalue weighted by atomic mass is 9.99. The summed E-state index contributed by atoms with van der Waals surface area (Å²) in [4.78, 5) is 36.0. The lowest BCUT2D eigenvalue weighted by Gasteiger charge is -2.38. The highest BCUT2D eigenvalue weighted by Gasteiger charge is 2.36. The van der Waals surface area contributed by atoms with Crippen molar-refractivity contribution in [3.05, 3.63) is 18.2 Å². The average Bonchev–Trinajstić information content (AvgIpc) is 3.34. The fourth-order valence-electron chi connectivity index (χ4n) is 5.24. The van der Waals surface area contributed by atoms with Gasteiger partial charge in [-0.3, -0.25) is 25.2 Å². The molecule has 2 amide bonds. The van der Waals surface area contributed by atoms with E-state index in [-0.39, 0.29) is 36.3 Å². The van der Waals surface area contributed by atoms with Gasteiger partial charge in [0.2, 0.25) is 11.8 Å². The number of piperazine rings is 1. The molecule has 0 saturated carbocycles. The van der Waals surface area contributed by atoms with E-state index in [4.69, 9.17) is 11.5 Å². The smallest absolute Gasteiger partial charge is 0.233 e. The van der Waals surface area contributed by atoms with Gasteiger partial charge in [0.05, 0.1) is 42.2 Å². The van der Waals surface area contributed by atoms with Crippen molar-refractivity contribution < 1.29 is 18.4 Å². The van der Waals surface area contributed by atoms with E-state index in [2.05, 4.69) is 32.8 Å². The van der Waals surface area contributed by atoms with Gasteiger partial charge in [-0.05, 0) is 19.5 Å². The highest BCUT2D eigenvalue weighted by Crippen LogP contribution is 2.30. The summed E-state index contributed by atoms with van der Waals surface area (Å²) >= 11 is 0. The number of pyridine rings is 1. The van der Waals surface area contributed by atoms with Gasteiger partial charge < -0.3 is 31.5 Å². The third-order valence-electron chi connectivity index (χ3n) is 7.30. The lowest BCUT2D eigenvalue weighted by molar-refractivity contribution is -0.135. The Hall–Kier alpha value is -2.45. The van der Waals surface area contributed by atoms with Gasteiger partial charge in [0, 0.05) is 45.8 Å². The standard InChI is InChI=1S/C23H37F2N9O2/c1-2-32-4-3-14(13-32)23(36)34-7-5-33(6-8-34)19-16(25)11-28-12-17(19)31-22(35)18(20(26)27)21-29-9-15(24)10-30-21/h11-12,14-15,18,20-21,29-30H,2-10,13,26-27H2,1H3,(H,31,35). The molecule has 3 fully saturated rings. The van der Waals surface area contributed by atoms with E-state index in [1.165, 1.54) is 6.20 Å². The Morgan fingerprint density at radius 2 is 1.86 bits per heavy atom. The number of carbonyl (C=O) groups excluding carboxylic acids is 2. The molecule has 0 spiro atoms. The number of carbonyl (C=O) groups is 2. The van der Waals surface area contributed by atoms with Gasteiger partial charge in [-0.2, -0.15) is 0 Å². The summed E-state index contributed by atoms with van der Waals surface area (Å²) in [5.74, 6) is -1.88. The van der Waals surface area contributed by atoms with Crippen LogP contribution in [0.25, 0.3) is 0 Å². The molecule has 1 aromatic heterocycles. The molecule has 13 heteroatoms. The van der Waals surface area contributed by atoms with Crippen LogP contribution in [0.15, 0.2) is 12.4 Å². The highest BCUT2D eigenvalue weighted by molar-refractivity contribution is 5.96. The van der Waals surface area contributed by atoms with Crippen molar-refractivity contribution in [3.8, 4) is 0 Å². The maximum Gasteiger partial charge on any atom is 0.233 e. The summed E-state index contributed by atoms with van der Waals surface area (Å²) in [6.07, 6.45) is 0.592. The molecule has 11 nitrogen and oxygen atoms in total. The molecule has 2 unspecified atom stereocenters. The van der Waals surface area contributed by atoms with Crippen LogP contribution in [0.4, 0.5) is 20.2 Å². The minimum absolute atomic E-state index is 0.0103. The van der Waals surface area contributed by atoms with Gasteiger partial charge in [-0.1, -0.05) is 6.92 Å². The zero-order chi connectivity index (χ0) is 25.8. The second kappa shape index (κ2) is 11.7. The number of amides is 2. The summed E-state index contributed by atoms with van der Waals surface area (Å²) < 4.78 is 28.5. The van der Waals surface area contributed by atoms with Crippen molar-refractivity contribution in [2.24, 2.45) is 23.3 Å². The Balaban J connectivity index is 1.42. The molecule has 0 bridgehead atoms. The van der Waals surface area contributed by atoms with Crippen molar-refractivity contribution in [2.45, 2.75) is 31.8 Å². The van der Waals surface area contributed by atoms with Crippen molar-refractivity contribution >= 4 is 23.2 Å². The van der Waals surface area contributed by atoms with Crippen molar-refractivity contribution in [1.82, 2.24) is 25.4 Å². The molecule has 3 saturated heterocycles. The number of rotatable bonds is 7. The number of halogens is 2. The Bertz CT molecular complexity index is 921. The van der Waals surface area contributed by atoms with Gasteiger partial charge >= 0.3 is 0 Å². The van der Waals surface area contributed by atoms with E-state index in [1.807, 2.05) is 9.80 Å². The summed E-state index contributed by atoms with van der Waals surface area (Å²) in [6.45, 7) is 6.66. The van der Waals surface area contributed by atoms with E-state index in [9.17, 15) is 18.4 Å². The van der Waals surface area contributed by atoms with Crippen LogP contribution in [-0.2, 0) is 9.59 Å². The first-order valence-corrected chi connectivity index (χ1v) is 12.6. The van der Waals surface area contributed by atoms with E-state index in [1.54, 1.807) is 0 Å². The maximum atomic E-state index is 15.0. The largest absolute Gasteiger partial charge is 0.364 e. The van der Waals surface area contributed by atoms with Gasteiger partial charge in [0.1, 0.15) is 11.9 Å². The Labute approximate surface area is 209 Å². The van der Waals surface area contributed by atoms with Gasteiger partial charge in [-0.25, -0.2) is 8.78 Å². The summed E-state index contributed by atoms with van der Waals surface area (Å²) in [6, 6.07) is 0. The number of likely N-dealkylation sites (tertiary alicyclic amines) is 1. The number of hydrogen-bond acceptors (Lipinski definition) is 9. The molecule has 4 heterocycles. The third kappa shape index (κ3) is 5.92. The molecule has 7 N–H and O–H groups in total. The molecule has 200 valence electrons. The lowest BCUT2D eigenvalue weighted by Crippen LogP contribution is -2.64. The zero-order valence-electron chi connectivity index (χ0n) is 20.6. The van der Waals surface area contributed by atoms with Crippen LogP contribution in [0, 0.1) is 17.7 Å². The van der Waals surface area contributed by atoms with Crippen molar-refractivity contribution in [3.63, 3.8) is 0 Å². The molecule has 0 radical (unpaired) electrons. The normalized spacial score (nSPS) is 26.3. The number of alkyl halides is 1. The van der Waals surface area contributed by atoms with Crippen LogP contribution >= 0.6 is 0 Å². The predicted molar refractivity (Wildman–Crippen MR) is 132 cm³/mol. The molecule has 4 rings (SSSR count). The fraction of sp³-hybridized carbons (Fsp3) is 0.696. The summed E-state index contributed by atoms with van der Waals surface area (Å²) in [5, 5.41) is 8.53. The quantitative estimate of drug-likeness (QED) is 0.288. The van der Waals surface area contributed by atoms with E-state index in [0.717, 1.165) is 32.3 Å². The summed E-state index contributed by atoms with van der Waals surface area (Å²) in [5.41, 5.74) is 12.2. The van der Waals surface area contributed by atoms with Crippen molar-refractivity contribution in [2.75, 3.05) is 69.1 Å². The molecule has 1 aromatic rings. The summed E-state index contributed by atoms with van der Waals surface area (Å²) in [7, 11) is 0. The van der Waals surface area contributed by atoms with Crippen LogP contribution in [-0.4, -0.2) is 104 Å². The molecule has 36 heavy (non-hydrogen) atoms. The minimum Gasteiger partial charge on any atom is -0.364 e. The second-order valence-corrected chi connectivity index (χ2v) is 9.69. The molecular formula is C23H37F2N9O2. The second-order valence-electron chi connectivity index (χ2n) is 9.69. The number of nitrogens with one attached hydrogen (secondary N) is 3. The molecule has 3 aliphatic rings. The average molecular weight is 510 g/mol. The van der Waals surface area contributed by atoms with Gasteiger partial charge in [0.15, 0.2) is 5.82 Å². The van der Waals surface area contributed by atoms with E-state index in [0.29, 0.717) is 26.2 Å². The van der Waals surface area contributed by atoms with Gasteiger partial charge in [0.25, 0.3) is 0 Å². The van der Waals surface area contributed by atoms with Crippen LogP contribution in [0.1, 0.15) is 13.3 Å². The number of nitrogens with zero attached hydrogens (tertiary/aromatic N) is 4. The first-order chi connectivity index (χ1) is 17.3. The van der Waals surface area contributed by atoms with Gasteiger partial charge in [-0.15, -0.1) is 0 Å². The molecular weight excluding hydrogens is 472 g/mol. The number of nitrogens with two attached hydrogens (primary N) is 2. The van der Waals surface area contributed by atoms with Crippen LogP contribution in [0.5, 0.6) is 0 Å². The van der Waals surface area contributed by atoms with Crippen LogP contribution < -0.4 is 32.3 Å². The number of aromatic nitrogens is 1. The Kier molecular flexibility index (Phi) is 8.67.